The molecule has 6 nitrogen and oxygen atoms in total. The molecule has 0 spiro atoms. The number of hydrogen-bond donors (Lipinski definition) is 2. The van der Waals surface area contributed by atoms with Crippen molar-refractivity contribution in [3.8, 4) is 0 Å². The number of aromatic nitrogens is 3. The summed E-state index contributed by atoms with van der Waals surface area (Å²) in [6.45, 7) is 0.460. The summed E-state index contributed by atoms with van der Waals surface area (Å²) in [6, 6.07) is 7.26. The zero-order valence-corrected chi connectivity index (χ0v) is 15.2. The minimum Gasteiger partial charge on any atom is -0.382 e. The number of pyridine rings is 2. The van der Waals surface area contributed by atoms with Gasteiger partial charge in [-0.2, -0.15) is 4.37 Å². The van der Waals surface area contributed by atoms with Crippen LogP contribution in [0.1, 0.15) is 21.7 Å². The minimum atomic E-state index is -0.185. The molecule has 0 atom stereocenters. The molecule has 3 aromatic heterocycles. The number of nitrogen functional groups attached to an aromatic ring is 1. The Kier molecular flexibility index (Phi) is 5.47. The van der Waals surface area contributed by atoms with Crippen molar-refractivity contribution in [1.82, 2.24) is 14.3 Å². The fourth-order valence-corrected chi connectivity index (χ4v) is 3.22. The number of ketones is 1. The molecule has 0 aromatic carbocycles. The van der Waals surface area contributed by atoms with Gasteiger partial charge in [0.05, 0.1) is 17.9 Å². The van der Waals surface area contributed by atoms with E-state index in [-0.39, 0.29) is 22.9 Å². The molecule has 3 N–H and O–H groups in total. The Labute approximate surface area is 158 Å². The SMILES string of the molecule is Nc1ncccc1NCc1cc(CC(=O)c2nsc(Cl)c2Cl)ccn1. The van der Waals surface area contributed by atoms with Crippen molar-refractivity contribution in [2.45, 2.75) is 13.0 Å². The monoisotopic (exact) mass is 393 g/mol. The second-order valence-corrected chi connectivity index (χ2v) is 6.92. The summed E-state index contributed by atoms with van der Waals surface area (Å²) < 4.78 is 4.32. The molecule has 0 radical (unpaired) electrons. The number of hydrogen-bond acceptors (Lipinski definition) is 7. The fourth-order valence-electron chi connectivity index (χ4n) is 2.19. The molecule has 0 bridgehead atoms. The van der Waals surface area contributed by atoms with E-state index < -0.39 is 0 Å². The highest BCUT2D eigenvalue weighted by Crippen LogP contribution is 2.30. The van der Waals surface area contributed by atoms with Gasteiger partial charge in [-0.05, 0) is 41.4 Å². The lowest BCUT2D eigenvalue weighted by Crippen LogP contribution is -2.08. The van der Waals surface area contributed by atoms with Gasteiger partial charge in [0.25, 0.3) is 0 Å². The molecule has 0 saturated heterocycles. The van der Waals surface area contributed by atoms with E-state index >= 15 is 0 Å². The van der Waals surface area contributed by atoms with Crippen LogP contribution >= 0.6 is 34.7 Å². The maximum absolute atomic E-state index is 12.3. The average Bonchev–Trinajstić information content (AvgIpc) is 2.94. The number of Topliss-reactive ketones (excluding diaryl/α,β-unsaturated/α-hetero) is 1. The van der Waals surface area contributed by atoms with Crippen LogP contribution in [-0.2, 0) is 13.0 Å². The standard InChI is InChI=1S/C16H13Cl2N5OS/c17-13-14(23-25-15(13)18)12(24)7-9-3-5-20-10(6-9)8-22-11-2-1-4-21-16(11)19/h1-6,22H,7-8H2,(H2,19,21). The van der Waals surface area contributed by atoms with E-state index in [9.17, 15) is 4.79 Å². The first kappa shape index (κ1) is 17.6. The molecule has 3 aromatic rings. The number of nitrogens with zero attached hydrogens (tertiary/aromatic N) is 3. The number of nitrogens with one attached hydrogen (secondary N) is 1. The third-order valence-corrected chi connectivity index (χ3v) is 5.02. The molecule has 9 heteroatoms. The van der Waals surface area contributed by atoms with Gasteiger partial charge >= 0.3 is 0 Å². The summed E-state index contributed by atoms with van der Waals surface area (Å²) in [6.07, 6.45) is 3.45. The van der Waals surface area contributed by atoms with Crippen LogP contribution in [-0.4, -0.2) is 20.1 Å². The van der Waals surface area contributed by atoms with Gasteiger partial charge in [-0.15, -0.1) is 0 Å². The fraction of sp³-hybridized carbons (Fsp3) is 0.125. The second kappa shape index (κ2) is 7.77. The molecule has 0 aliphatic carbocycles. The Morgan fingerprint density at radius 3 is 2.80 bits per heavy atom. The molecule has 3 rings (SSSR count). The molecule has 128 valence electrons. The Hall–Kier alpha value is -2.22. The molecular weight excluding hydrogens is 381 g/mol. The van der Waals surface area contributed by atoms with Crippen molar-refractivity contribution in [3.05, 3.63) is 63.0 Å². The van der Waals surface area contributed by atoms with Crippen LogP contribution in [0.25, 0.3) is 0 Å². The summed E-state index contributed by atoms with van der Waals surface area (Å²) in [5.41, 5.74) is 8.32. The Balaban J connectivity index is 1.68. The van der Waals surface area contributed by atoms with E-state index in [2.05, 4.69) is 19.7 Å². The van der Waals surface area contributed by atoms with Gasteiger partial charge in [0.15, 0.2) is 5.78 Å². The third kappa shape index (κ3) is 4.25. The second-order valence-electron chi connectivity index (χ2n) is 5.16. The van der Waals surface area contributed by atoms with Crippen molar-refractivity contribution in [2.24, 2.45) is 0 Å². The van der Waals surface area contributed by atoms with E-state index in [0.717, 1.165) is 28.5 Å². The van der Waals surface area contributed by atoms with Crippen LogP contribution in [0.5, 0.6) is 0 Å². The molecule has 0 fully saturated rings. The molecule has 0 aliphatic rings. The van der Waals surface area contributed by atoms with E-state index in [1.54, 1.807) is 24.5 Å². The van der Waals surface area contributed by atoms with Crippen LogP contribution in [0.3, 0.4) is 0 Å². The zero-order valence-electron chi connectivity index (χ0n) is 12.9. The van der Waals surface area contributed by atoms with Gasteiger partial charge in [0.1, 0.15) is 20.9 Å². The summed E-state index contributed by atoms with van der Waals surface area (Å²) in [5, 5.41) is 3.38. The number of halogens is 2. The molecular formula is C16H13Cl2N5OS. The smallest absolute Gasteiger partial charge is 0.188 e. The van der Waals surface area contributed by atoms with Crippen LogP contribution in [0, 0.1) is 0 Å². The zero-order chi connectivity index (χ0) is 17.8. The molecule has 0 saturated carbocycles. The summed E-state index contributed by atoms with van der Waals surface area (Å²) in [4.78, 5) is 20.6. The Morgan fingerprint density at radius 1 is 1.24 bits per heavy atom. The average molecular weight is 394 g/mol. The van der Waals surface area contributed by atoms with E-state index in [4.69, 9.17) is 28.9 Å². The summed E-state index contributed by atoms with van der Waals surface area (Å²) in [7, 11) is 0. The van der Waals surface area contributed by atoms with Crippen molar-refractivity contribution >= 4 is 52.0 Å². The van der Waals surface area contributed by atoms with E-state index in [1.807, 2.05) is 12.1 Å². The van der Waals surface area contributed by atoms with Crippen LogP contribution < -0.4 is 11.1 Å². The minimum absolute atomic E-state index is 0.171. The molecule has 0 unspecified atom stereocenters. The lowest BCUT2D eigenvalue weighted by Gasteiger charge is -2.08. The van der Waals surface area contributed by atoms with Gasteiger partial charge < -0.3 is 11.1 Å². The number of rotatable bonds is 6. The first-order valence-electron chi connectivity index (χ1n) is 7.26. The highest BCUT2D eigenvalue weighted by Gasteiger charge is 2.18. The number of nitrogens with two attached hydrogens (primary N) is 1. The largest absolute Gasteiger partial charge is 0.382 e. The third-order valence-electron chi connectivity index (χ3n) is 3.41. The van der Waals surface area contributed by atoms with Gasteiger partial charge in [-0.1, -0.05) is 23.2 Å². The molecule has 25 heavy (non-hydrogen) atoms. The van der Waals surface area contributed by atoms with Crippen molar-refractivity contribution in [1.29, 1.82) is 0 Å². The normalized spacial score (nSPS) is 10.6. The number of carbonyl (C=O) groups is 1. The Morgan fingerprint density at radius 2 is 2.08 bits per heavy atom. The highest BCUT2D eigenvalue weighted by atomic mass is 35.5. The first-order valence-corrected chi connectivity index (χ1v) is 8.79. The van der Waals surface area contributed by atoms with Crippen molar-refractivity contribution in [2.75, 3.05) is 11.1 Å². The molecule has 3 heterocycles. The van der Waals surface area contributed by atoms with Gasteiger partial charge in [-0.3, -0.25) is 9.78 Å². The topological polar surface area (TPSA) is 93.8 Å². The van der Waals surface area contributed by atoms with E-state index in [0.29, 0.717) is 16.7 Å². The lowest BCUT2D eigenvalue weighted by atomic mass is 10.1. The number of carbonyl (C=O) groups excluding carboxylic acids is 1. The predicted molar refractivity (Wildman–Crippen MR) is 100 cm³/mol. The van der Waals surface area contributed by atoms with Gasteiger partial charge in [0.2, 0.25) is 0 Å². The molecule has 0 amide bonds. The van der Waals surface area contributed by atoms with Crippen LogP contribution in [0.15, 0.2) is 36.7 Å². The van der Waals surface area contributed by atoms with E-state index in [1.165, 1.54) is 0 Å². The Bertz CT molecular complexity index is 915. The first-order chi connectivity index (χ1) is 12.0. The summed E-state index contributed by atoms with van der Waals surface area (Å²) in [5.74, 6) is 0.235. The quantitative estimate of drug-likeness (QED) is 0.617. The van der Waals surface area contributed by atoms with Crippen LogP contribution in [0.4, 0.5) is 11.5 Å². The van der Waals surface area contributed by atoms with Crippen LogP contribution in [0.2, 0.25) is 9.36 Å². The maximum Gasteiger partial charge on any atom is 0.188 e. The van der Waals surface area contributed by atoms with Crippen molar-refractivity contribution in [3.63, 3.8) is 0 Å². The van der Waals surface area contributed by atoms with Crippen molar-refractivity contribution < 1.29 is 4.79 Å². The number of anilines is 2. The van der Waals surface area contributed by atoms with Gasteiger partial charge in [0, 0.05) is 18.8 Å². The molecule has 0 aliphatic heterocycles. The van der Waals surface area contributed by atoms with Gasteiger partial charge in [-0.25, -0.2) is 4.98 Å². The lowest BCUT2D eigenvalue weighted by molar-refractivity contribution is 0.0989. The predicted octanol–water partition coefficient (Wildman–Crippen LogP) is 3.86. The summed E-state index contributed by atoms with van der Waals surface area (Å²) >= 11 is 12.8. The highest BCUT2D eigenvalue weighted by molar-refractivity contribution is 7.11. The maximum atomic E-state index is 12.3.